The Labute approximate surface area is 124 Å². The number of benzene rings is 1. The van der Waals surface area contributed by atoms with E-state index in [4.69, 9.17) is 10.5 Å². The van der Waals surface area contributed by atoms with Crippen molar-refractivity contribution >= 4 is 5.91 Å². The molecular weight excluding hydrogens is 266 g/mol. The van der Waals surface area contributed by atoms with Crippen LogP contribution in [0.5, 0.6) is 5.75 Å². The molecule has 0 saturated carbocycles. The van der Waals surface area contributed by atoms with Gasteiger partial charge in [0.05, 0.1) is 12.2 Å². The van der Waals surface area contributed by atoms with E-state index < -0.39 is 0 Å². The summed E-state index contributed by atoms with van der Waals surface area (Å²) < 4.78 is 5.41. The number of pyridine rings is 1. The number of hydrogen-bond donors (Lipinski definition) is 2. The maximum Gasteiger partial charge on any atom is 0.258 e. The molecule has 3 N–H and O–H groups in total. The van der Waals surface area contributed by atoms with Crippen LogP contribution in [0.1, 0.15) is 17.0 Å². The summed E-state index contributed by atoms with van der Waals surface area (Å²) in [5.41, 5.74) is 8.30. The summed E-state index contributed by atoms with van der Waals surface area (Å²) in [6, 6.07) is 13.1. The van der Waals surface area contributed by atoms with Gasteiger partial charge in [0, 0.05) is 12.2 Å². The SMILES string of the molecule is Cc1cccc(CNC(=O)COc2ccc(CN)cc2)n1. The normalized spacial score (nSPS) is 10.2. The number of aryl methyl sites for hydroxylation is 1. The Balaban J connectivity index is 1.76. The molecule has 0 spiro atoms. The highest BCUT2D eigenvalue weighted by Crippen LogP contribution is 2.11. The van der Waals surface area contributed by atoms with Gasteiger partial charge in [0.2, 0.25) is 0 Å². The molecule has 0 fully saturated rings. The minimum absolute atomic E-state index is 0.0201. The fraction of sp³-hybridized carbons (Fsp3) is 0.250. The van der Waals surface area contributed by atoms with Gasteiger partial charge >= 0.3 is 0 Å². The molecule has 21 heavy (non-hydrogen) atoms. The van der Waals surface area contributed by atoms with Crippen molar-refractivity contribution in [2.24, 2.45) is 5.73 Å². The minimum Gasteiger partial charge on any atom is -0.484 e. The van der Waals surface area contributed by atoms with Crippen LogP contribution in [0.2, 0.25) is 0 Å². The van der Waals surface area contributed by atoms with Gasteiger partial charge < -0.3 is 15.8 Å². The number of aromatic nitrogens is 1. The van der Waals surface area contributed by atoms with Gasteiger partial charge in [-0.25, -0.2) is 0 Å². The Morgan fingerprint density at radius 2 is 2.00 bits per heavy atom. The smallest absolute Gasteiger partial charge is 0.258 e. The molecule has 5 heteroatoms. The first-order valence-electron chi connectivity index (χ1n) is 6.78. The van der Waals surface area contributed by atoms with E-state index in [-0.39, 0.29) is 12.5 Å². The summed E-state index contributed by atoms with van der Waals surface area (Å²) in [7, 11) is 0. The van der Waals surface area contributed by atoms with Crippen molar-refractivity contribution in [1.82, 2.24) is 10.3 Å². The highest BCUT2D eigenvalue weighted by Gasteiger charge is 2.03. The second-order valence-corrected chi connectivity index (χ2v) is 4.68. The highest BCUT2D eigenvalue weighted by molar-refractivity contribution is 5.77. The van der Waals surface area contributed by atoms with Gasteiger partial charge in [-0.15, -0.1) is 0 Å². The van der Waals surface area contributed by atoms with Gasteiger partial charge in [0.15, 0.2) is 6.61 Å². The fourth-order valence-electron chi connectivity index (χ4n) is 1.81. The molecule has 2 aromatic rings. The van der Waals surface area contributed by atoms with Crippen molar-refractivity contribution in [2.45, 2.75) is 20.0 Å². The maximum absolute atomic E-state index is 11.7. The lowest BCUT2D eigenvalue weighted by molar-refractivity contribution is -0.123. The third-order valence-electron chi connectivity index (χ3n) is 2.94. The van der Waals surface area contributed by atoms with E-state index >= 15 is 0 Å². The van der Waals surface area contributed by atoms with Crippen LogP contribution in [0.25, 0.3) is 0 Å². The van der Waals surface area contributed by atoms with Crippen molar-refractivity contribution in [3.05, 3.63) is 59.4 Å². The molecule has 1 aromatic heterocycles. The summed E-state index contributed by atoms with van der Waals surface area (Å²) >= 11 is 0. The van der Waals surface area contributed by atoms with Gasteiger partial charge in [-0.3, -0.25) is 9.78 Å². The van der Waals surface area contributed by atoms with Gasteiger partial charge in [0.1, 0.15) is 5.75 Å². The molecule has 5 nitrogen and oxygen atoms in total. The Hall–Kier alpha value is -2.40. The molecule has 0 saturated heterocycles. The Kier molecular flexibility index (Phi) is 5.29. The van der Waals surface area contributed by atoms with Gasteiger partial charge in [-0.1, -0.05) is 18.2 Å². The number of ether oxygens (including phenoxy) is 1. The molecule has 0 radical (unpaired) electrons. The molecule has 0 bridgehead atoms. The molecule has 0 unspecified atom stereocenters. The van der Waals surface area contributed by atoms with Crippen LogP contribution in [-0.4, -0.2) is 17.5 Å². The first kappa shape index (κ1) is 15.0. The number of hydrogen-bond acceptors (Lipinski definition) is 4. The Morgan fingerprint density at radius 3 is 2.67 bits per heavy atom. The monoisotopic (exact) mass is 285 g/mol. The van der Waals surface area contributed by atoms with Crippen LogP contribution in [-0.2, 0) is 17.9 Å². The van der Waals surface area contributed by atoms with E-state index in [2.05, 4.69) is 10.3 Å². The second kappa shape index (κ2) is 7.40. The first-order chi connectivity index (χ1) is 10.2. The lowest BCUT2D eigenvalue weighted by Crippen LogP contribution is -2.28. The van der Waals surface area contributed by atoms with Crippen molar-refractivity contribution in [2.75, 3.05) is 6.61 Å². The van der Waals surface area contributed by atoms with Gasteiger partial charge in [0.25, 0.3) is 5.91 Å². The summed E-state index contributed by atoms with van der Waals surface area (Å²) in [5, 5.41) is 2.77. The molecule has 0 aliphatic carbocycles. The molecule has 1 heterocycles. The van der Waals surface area contributed by atoms with Crippen molar-refractivity contribution in [3.63, 3.8) is 0 Å². The van der Waals surface area contributed by atoms with Crippen molar-refractivity contribution < 1.29 is 9.53 Å². The van der Waals surface area contributed by atoms with E-state index in [1.807, 2.05) is 37.3 Å². The number of nitrogens with two attached hydrogens (primary N) is 1. The van der Waals surface area contributed by atoms with E-state index in [0.717, 1.165) is 17.0 Å². The Bertz CT molecular complexity index is 597. The lowest BCUT2D eigenvalue weighted by atomic mass is 10.2. The molecule has 1 amide bonds. The van der Waals surface area contributed by atoms with Crippen LogP contribution in [0.3, 0.4) is 0 Å². The standard InChI is InChI=1S/C16H19N3O2/c1-12-3-2-4-14(19-12)10-18-16(20)11-21-15-7-5-13(9-17)6-8-15/h2-8H,9-11,17H2,1H3,(H,18,20). The molecule has 0 atom stereocenters. The highest BCUT2D eigenvalue weighted by atomic mass is 16.5. The topological polar surface area (TPSA) is 77.2 Å². The maximum atomic E-state index is 11.7. The molecule has 0 aliphatic rings. The average molecular weight is 285 g/mol. The van der Waals surface area contributed by atoms with Crippen LogP contribution < -0.4 is 15.8 Å². The predicted octanol–water partition coefficient (Wildman–Crippen LogP) is 1.54. The summed E-state index contributed by atoms with van der Waals surface area (Å²) in [4.78, 5) is 16.0. The Morgan fingerprint density at radius 1 is 1.24 bits per heavy atom. The zero-order valence-corrected chi connectivity index (χ0v) is 12.0. The average Bonchev–Trinajstić information content (AvgIpc) is 2.51. The third-order valence-corrected chi connectivity index (χ3v) is 2.94. The summed E-state index contributed by atoms with van der Waals surface area (Å²) in [6.07, 6.45) is 0. The quantitative estimate of drug-likeness (QED) is 0.844. The number of nitrogens with zero attached hydrogens (tertiary/aromatic N) is 1. The zero-order valence-electron chi connectivity index (χ0n) is 12.0. The number of carbonyl (C=O) groups is 1. The van der Waals surface area contributed by atoms with Gasteiger partial charge in [-0.05, 0) is 36.8 Å². The number of rotatable bonds is 6. The minimum atomic E-state index is -0.179. The van der Waals surface area contributed by atoms with E-state index in [0.29, 0.717) is 18.8 Å². The number of amides is 1. The lowest BCUT2D eigenvalue weighted by Gasteiger charge is -2.08. The molecule has 1 aromatic carbocycles. The van der Waals surface area contributed by atoms with Crippen molar-refractivity contribution in [1.29, 1.82) is 0 Å². The molecule has 0 aliphatic heterocycles. The predicted molar refractivity (Wildman–Crippen MR) is 80.6 cm³/mol. The summed E-state index contributed by atoms with van der Waals surface area (Å²) in [6.45, 7) is 2.79. The second-order valence-electron chi connectivity index (χ2n) is 4.68. The molecule has 2 rings (SSSR count). The number of carbonyl (C=O) groups excluding carboxylic acids is 1. The largest absolute Gasteiger partial charge is 0.484 e. The fourth-order valence-corrected chi connectivity index (χ4v) is 1.81. The van der Waals surface area contributed by atoms with E-state index in [1.54, 1.807) is 12.1 Å². The van der Waals surface area contributed by atoms with Crippen LogP contribution >= 0.6 is 0 Å². The first-order valence-corrected chi connectivity index (χ1v) is 6.78. The van der Waals surface area contributed by atoms with Crippen molar-refractivity contribution in [3.8, 4) is 5.75 Å². The van der Waals surface area contributed by atoms with Gasteiger partial charge in [-0.2, -0.15) is 0 Å². The third kappa shape index (κ3) is 4.89. The van der Waals surface area contributed by atoms with Crippen LogP contribution in [0, 0.1) is 6.92 Å². The summed E-state index contributed by atoms with van der Waals surface area (Å²) in [5.74, 6) is 0.470. The van der Waals surface area contributed by atoms with Crippen LogP contribution in [0.15, 0.2) is 42.5 Å². The zero-order chi connectivity index (χ0) is 15.1. The molecule has 110 valence electrons. The van der Waals surface area contributed by atoms with E-state index in [1.165, 1.54) is 0 Å². The van der Waals surface area contributed by atoms with Crippen LogP contribution in [0.4, 0.5) is 0 Å². The molecular formula is C16H19N3O2. The van der Waals surface area contributed by atoms with E-state index in [9.17, 15) is 4.79 Å². The number of nitrogens with one attached hydrogen (secondary N) is 1.